The van der Waals surface area contributed by atoms with Gasteiger partial charge in [0.05, 0.1) is 5.38 Å². The van der Waals surface area contributed by atoms with Gasteiger partial charge in [0.2, 0.25) is 5.91 Å². The Labute approximate surface area is 107 Å². The van der Waals surface area contributed by atoms with Crippen molar-refractivity contribution in [3.8, 4) is 0 Å². The van der Waals surface area contributed by atoms with Gasteiger partial charge in [0.1, 0.15) is 0 Å². The minimum atomic E-state index is -0.137. The molecule has 1 aliphatic rings. The van der Waals surface area contributed by atoms with E-state index >= 15 is 0 Å². The standard InChI is InChI=1S/C14H18ClNO/c15-13(11-6-2-1-3-7-11)10-16-14(17)12-8-4-5-9-12/h1-3,6-7,12-13H,4-5,8-10H2,(H,16,17). The van der Waals surface area contributed by atoms with Crippen molar-refractivity contribution in [2.75, 3.05) is 6.54 Å². The van der Waals surface area contributed by atoms with E-state index in [0.29, 0.717) is 6.54 Å². The molecule has 1 atom stereocenters. The fraction of sp³-hybridized carbons (Fsp3) is 0.500. The van der Waals surface area contributed by atoms with Gasteiger partial charge < -0.3 is 5.32 Å². The first-order valence-electron chi connectivity index (χ1n) is 6.24. The molecule has 1 aromatic rings. The first-order valence-corrected chi connectivity index (χ1v) is 6.68. The lowest BCUT2D eigenvalue weighted by Gasteiger charge is -2.14. The third-order valence-electron chi connectivity index (χ3n) is 3.34. The van der Waals surface area contributed by atoms with Gasteiger partial charge in [0, 0.05) is 12.5 Å². The van der Waals surface area contributed by atoms with E-state index in [1.165, 1.54) is 12.8 Å². The number of hydrogen-bond donors (Lipinski definition) is 1. The van der Waals surface area contributed by atoms with Crippen molar-refractivity contribution in [1.82, 2.24) is 5.32 Å². The number of benzene rings is 1. The van der Waals surface area contributed by atoms with Crippen molar-refractivity contribution < 1.29 is 4.79 Å². The smallest absolute Gasteiger partial charge is 0.223 e. The number of nitrogens with one attached hydrogen (secondary N) is 1. The summed E-state index contributed by atoms with van der Waals surface area (Å²) in [7, 11) is 0. The number of halogens is 1. The highest BCUT2D eigenvalue weighted by atomic mass is 35.5. The van der Waals surface area contributed by atoms with Crippen LogP contribution in [-0.2, 0) is 4.79 Å². The molecular weight excluding hydrogens is 234 g/mol. The van der Waals surface area contributed by atoms with Crippen LogP contribution < -0.4 is 5.32 Å². The molecule has 1 aromatic carbocycles. The molecule has 1 fully saturated rings. The zero-order valence-corrected chi connectivity index (χ0v) is 10.6. The van der Waals surface area contributed by atoms with Gasteiger partial charge in [-0.2, -0.15) is 0 Å². The summed E-state index contributed by atoms with van der Waals surface area (Å²) < 4.78 is 0. The molecule has 0 aromatic heterocycles. The maximum Gasteiger partial charge on any atom is 0.223 e. The number of hydrogen-bond acceptors (Lipinski definition) is 1. The van der Waals surface area contributed by atoms with E-state index in [1.807, 2.05) is 30.3 Å². The Morgan fingerprint density at radius 3 is 2.59 bits per heavy atom. The van der Waals surface area contributed by atoms with Gasteiger partial charge in [0.15, 0.2) is 0 Å². The molecule has 0 heterocycles. The fourth-order valence-electron chi connectivity index (χ4n) is 2.30. The highest BCUT2D eigenvalue weighted by Crippen LogP contribution is 2.25. The van der Waals surface area contributed by atoms with E-state index in [-0.39, 0.29) is 17.2 Å². The van der Waals surface area contributed by atoms with Gasteiger partial charge in [-0.05, 0) is 18.4 Å². The van der Waals surface area contributed by atoms with E-state index < -0.39 is 0 Å². The van der Waals surface area contributed by atoms with Crippen molar-refractivity contribution in [2.24, 2.45) is 5.92 Å². The normalized spacial score (nSPS) is 17.9. The van der Waals surface area contributed by atoms with Gasteiger partial charge in [-0.3, -0.25) is 4.79 Å². The Balaban J connectivity index is 1.80. The van der Waals surface area contributed by atoms with Crippen molar-refractivity contribution >= 4 is 17.5 Å². The first kappa shape index (κ1) is 12.4. The van der Waals surface area contributed by atoms with Crippen molar-refractivity contribution in [1.29, 1.82) is 0 Å². The summed E-state index contributed by atoms with van der Waals surface area (Å²) in [5.41, 5.74) is 1.06. The van der Waals surface area contributed by atoms with Crippen LogP contribution in [-0.4, -0.2) is 12.5 Å². The molecule has 2 nitrogen and oxygen atoms in total. The van der Waals surface area contributed by atoms with Crippen LogP contribution >= 0.6 is 11.6 Å². The van der Waals surface area contributed by atoms with Gasteiger partial charge in [-0.1, -0.05) is 43.2 Å². The summed E-state index contributed by atoms with van der Waals surface area (Å²) >= 11 is 6.24. The Hall–Kier alpha value is -1.02. The maximum absolute atomic E-state index is 11.8. The Morgan fingerprint density at radius 2 is 1.94 bits per heavy atom. The highest BCUT2D eigenvalue weighted by Gasteiger charge is 2.22. The molecule has 92 valence electrons. The monoisotopic (exact) mass is 251 g/mol. The SMILES string of the molecule is O=C(NCC(Cl)c1ccccc1)C1CCCC1. The quantitative estimate of drug-likeness (QED) is 0.818. The lowest BCUT2D eigenvalue weighted by atomic mass is 10.1. The largest absolute Gasteiger partial charge is 0.354 e. The first-order chi connectivity index (χ1) is 8.27. The molecule has 0 spiro atoms. The summed E-state index contributed by atoms with van der Waals surface area (Å²) in [6.07, 6.45) is 4.43. The predicted molar refractivity (Wildman–Crippen MR) is 70.0 cm³/mol. The fourth-order valence-corrected chi connectivity index (χ4v) is 2.52. The zero-order valence-electron chi connectivity index (χ0n) is 9.86. The van der Waals surface area contributed by atoms with Gasteiger partial charge in [-0.25, -0.2) is 0 Å². The minimum absolute atomic E-state index is 0.137. The molecule has 17 heavy (non-hydrogen) atoms. The van der Waals surface area contributed by atoms with Crippen LogP contribution in [0.4, 0.5) is 0 Å². The molecule has 1 unspecified atom stereocenters. The zero-order chi connectivity index (χ0) is 12.1. The molecule has 3 heteroatoms. The maximum atomic E-state index is 11.8. The second-order valence-electron chi connectivity index (χ2n) is 4.60. The number of carbonyl (C=O) groups is 1. The van der Waals surface area contributed by atoms with Crippen molar-refractivity contribution in [3.05, 3.63) is 35.9 Å². The van der Waals surface area contributed by atoms with E-state index in [4.69, 9.17) is 11.6 Å². The second-order valence-corrected chi connectivity index (χ2v) is 5.13. The summed E-state index contributed by atoms with van der Waals surface area (Å²) in [5.74, 6) is 0.388. The molecule has 0 saturated heterocycles. The molecule has 1 amide bonds. The van der Waals surface area contributed by atoms with Crippen LogP contribution in [0.2, 0.25) is 0 Å². The lowest BCUT2D eigenvalue weighted by Crippen LogP contribution is -2.31. The Bertz CT molecular complexity index is 360. The van der Waals surface area contributed by atoms with Crippen molar-refractivity contribution in [3.63, 3.8) is 0 Å². The summed E-state index contributed by atoms with van der Waals surface area (Å²) in [4.78, 5) is 11.8. The number of rotatable bonds is 4. The van der Waals surface area contributed by atoms with E-state index in [2.05, 4.69) is 5.32 Å². The van der Waals surface area contributed by atoms with Gasteiger partial charge >= 0.3 is 0 Å². The minimum Gasteiger partial charge on any atom is -0.354 e. The summed E-state index contributed by atoms with van der Waals surface area (Å²) in [6.45, 7) is 0.515. The van der Waals surface area contributed by atoms with Crippen LogP contribution in [0.15, 0.2) is 30.3 Å². The third-order valence-corrected chi connectivity index (χ3v) is 3.75. The number of amides is 1. The number of carbonyl (C=O) groups excluding carboxylic acids is 1. The van der Waals surface area contributed by atoms with E-state index in [0.717, 1.165) is 18.4 Å². The summed E-state index contributed by atoms with van der Waals surface area (Å²) in [6, 6.07) is 9.86. The molecule has 1 saturated carbocycles. The molecule has 0 aliphatic heterocycles. The van der Waals surface area contributed by atoms with Gasteiger partial charge in [0.25, 0.3) is 0 Å². The van der Waals surface area contributed by atoms with E-state index in [9.17, 15) is 4.79 Å². The Kier molecular flexibility index (Phi) is 4.43. The molecule has 1 aliphatic carbocycles. The predicted octanol–water partition coefficient (Wildman–Crippen LogP) is 3.27. The summed E-state index contributed by atoms with van der Waals surface area (Å²) in [5, 5.41) is 2.81. The molecule has 0 radical (unpaired) electrons. The molecule has 2 rings (SSSR count). The lowest BCUT2D eigenvalue weighted by molar-refractivity contribution is -0.124. The second kappa shape index (κ2) is 6.06. The molecule has 1 N–H and O–H groups in total. The molecule has 0 bridgehead atoms. The Morgan fingerprint density at radius 1 is 1.29 bits per heavy atom. The topological polar surface area (TPSA) is 29.1 Å². The average molecular weight is 252 g/mol. The van der Waals surface area contributed by atoms with Crippen LogP contribution in [0.1, 0.15) is 36.6 Å². The van der Waals surface area contributed by atoms with Crippen LogP contribution in [0.3, 0.4) is 0 Å². The van der Waals surface area contributed by atoms with Crippen molar-refractivity contribution in [2.45, 2.75) is 31.1 Å². The van der Waals surface area contributed by atoms with Crippen LogP contribution in [0, 0.1) is 5.92 Å². The van der Waals surface area contributed by atoms with Gasteiger partial charge in [-0.15, -0.1) is 11.6 Å². The van der Waals surface area contributed by atoms with Crippen LogP contribution in [0.5, 0.6) is 0 Å². The average Bonchev–Trinajstić information content (AvgIpc) is 2.90. The van der Waals surface area contributed by atoms with Crippen LogP contribution in [0.25, 0.3) is 0 Å². The highest BCUT2D eigenvalue weighted by molar-refractivity contribution is 6.21. The third kappa shape index (κ3) is 3.47. The molecular formula is C14H18ClNO. The number of alkyl halides is 1. The van der Waals surface area contributed by atoms with E-state index in [1.54, 1.807) is 0 Å².